The van der Waals surface area contributed by atoms with Crippen molar-refractivity contribution in [2.24, 2.45) is 5.41 Å². The molecule has 0 saturated carbocycles. The number of halogens is 3. The number of hydrogen-bond donors (Lipinski definition) is 2. The minimum absolute atomic E-state index is 0.454. The fraction of sp³-hybridized carbons (Fsp3) is 0.385. The second kappa shape index (κ2) is 5.75. The number of benzene rings is 1. The summed E-state index contributed by atoms with van der Waals surface area (Å²) in [7, 11) is 0. The standard InChI is InChI=1S/C13H14ClF2NO3/c1-13(2,3)10(12(19)20)17-11(18)6-4-9(16)7(14)5-8(6)15/h4-5,10H,1-3H3,(H,17,18)(H,19,20)/t10-/m0/s1. The van der Waals surface area contributed by atoms with Crippen molar-refractivity contribution in [3.05, 3.63) is 34.4 Å². The predicted molar refractivity (Wildman–Crippen MR) is 69.7 cm³/mol. The van der Waals surface area contributed by atoms with Crippen LogP contribution in [0, 0.1) is 17.0 Å². The third kappa shape index (κ3) is 3.66. The van der Waals surface area contributed by atoms with Crippen LogP contribution in [0.5, 0.6) is 0 Å². The maximum atomic E-state index is 13.6. The smallest absolute Gasteiger partial charge is 0.326 e. The highest BCUT2D eigenvalue weighted by atomic mass is 35.5. The molecule has 0 saturated heterocycles. The Kier molecular flexibility index (Phi) is 4.70. The molecule has 110 valence electrons. The molecule has 4 nitrogen and oxygen atoms in total. The number of rotatable bonds is 3. The number of amides is 1. The molecule has 7 heteroatoms. The van der Waals surface area contributed by atoms with Crippen LogP contribution < -0.4 is 5.32 Å². The Hall–Kier alpha value is -1.69. The molecule has 0 unspecified atom stereocenters. The third-order valence-electron chi connectivity index (χ3n) is 2.64. The van der Waals surface area contributed by atoms with E-state index < -0.39 is 45.6 Å². The SMILES string of the molecule is CC(C)(C)[C@@H](NC(=O)c1cc(F)c(Cl)cc1F)C(=O)O. The van der Waals surface area contributed by atoms with Gasteiger partial charge in [0, 0.05) is 0 Å². The van der Waals surface area contributed by atoms with E-state index in [0.29, 0.717) is 12.1 Å². The molecule has 1 amide bonds. The monoisotopic (exact) mass is 305 g/mol. The van der Waals surface area contributed by atoms with Gasteiger partial charge >= 0.3 is 5.97 Å². The Morgan fingerprint density at radius 3 is 2.25 bits per heavy atom. The molecule has 0 heterocycles. The van der Waals surface area contributed by atoms with Crippen molar-refractivity contribution in [1.82, 2.24) is 5.32 Å². The Balaban J connectivity index is 3.07. The van der Waals surface area contributed by atoms with Gasteiger partial charge in [-0.15, -0.1) is 0 Å². The van der Waals surface area contributed by atoms with Crippen molar-refractivity contribution >= 4 is 23.5 Å². The van der Waals surface area contributed by atoms with Gasteiger partial charge in [-0.1, -0.05) is 32.4 Å². The quantitative estimate of drug-likeness (QED) is 0.844. The van der Waals surface area contributed by atoms with Crippen LogP contribution >= 0.6 is 11.6 Å². The van der Waals surface area contributed by atoms with E-state index in [1.807, 2.05) is 0 Å². The summed E-state index contributed by atoms with van der Waals surface area (Å²) in [6.45, 7) is 4.81. The van der Waals surface area contributed by atoms with Crippen LogP contribution in [0.1, 0.15) is 31.1 Å². The molecule has 1 rings (SSSR count). The first kappa shape index (κ1) is 16.4. The Bertz CT molecular complexity index is 555. The molecule has 0 spiro atoms. The molecule has 1 aromatic carbocycles. The van der Waals surface area contributed by atoms with Crippen LogP contribution in [-0.2, 0) is 4.79 Å². The molecule has 0 bridgehead atoms. The summed E-state index contributed by atoms with van der Waals surface area (Å²) < 4.78 is 26.8. The first-order valence-electron chi connectivity index (χ1n) is 5.72. The van der Waals surface area contributed by atoms with Crippen LogP contribution in [0.4, 0.5) is 8.78 Å². The number of carbonyl (C=O) groups is 2. The lowest BCUT2D eigenvalue weighted by molar-refractivity contribution is -0.142. The minimum atomic E-state index is -1.26. The van der Waals surface area contributed by atoms with E-state index in [1.165, 1.54) is 0 Å². The summed E-state index contributed by atoms with van der Waals surface area (Å²) >= 11 is 5.38. The number of carboxylic acid groups (broad SMARTS) is 1. The van der Waals surface area contributed by atoms with Crippen molar-refractivity contribution in [2.45, 2.75) is 26.8 Å². The average Bonchev–Trinajstić information content (AvgIpc) is 2.28. The minimum Gasteiger partial charge on any atom is -0.480 e. The van der Waals surface area contributed by atoms with Gasteiger partial charge in [0.25, 0.3) is 5.91 Å². The summed E-state index contributed by atoms with van der Waals surface area (Å²) in [5.41, 5.74) is -1.38. The van der Waals surface area contributed by atoms with Gasteiger partial charge < -0.3 is 10.4 Å². The zero-order chi connectivity index (χ0) is 15.7. The number of nitrogens with one attached hydrogen (secondary N) is 1. The average molecular weight is 306 g/mol. The number of aliphatic carboxylic acids is 1. The van der Waals surface area contributed by atoms with Crippen LogP contribution in [0.3, 0.4) is 0 Å². The summed E-state index contributed by atoms with van der Waals surface area (Å²) in [5, 5.41) is 10.8. The highest BCUT2D eigenvalue weighted by molar-refractivity contribution is 6.30. The molecule has 0 radical (unpaired) electrons. The van der Waals surface area contributed by atoms with Crippen molar-refractivity contribution in [1.29, 1.82) is 0 Å². The van der Waals surface area contributed by atoms with Crippen LogP contribution in [0.2, 0.25) is 5.02 Å². The maximum absolute atomic E-state index is 13.6. The van der Waals surface area contributed by atoms with Crippen molar-refractivity contribution in [3.8, 4) is 0 Å². The summed E-state index contributed by atoms with van der Waals surface area (Å²) in [4.78, 5) is 23.0. The van der Waals surface area contributed by atoms with Gasteiger partial charge in [-0.2, -0.15) is 0 Å². The van der Waals surface area contributed by atoms with Crippen molar-refractivity contribution in [3.63, 3.8) is 0 Å². The molecule has 20 heavy (non-hydrogen) atoms. The van der Waals surface area contributed by atoms with Gasteiger partial charge in [-0.25, -0.2) is 13.6 Å². The molecule has 1 aromatic rings. The van der Waals surface area contributed by atoms with Crippen LogP contribution in [0.25, 0.3) is 0 Å². The molecule has 0 aliphatic heterocycles. The molecule has 2 N–H and O–H groups in total. The zero-order valence-electron chi connectivity index (χ0n) is 11.1. The van der Waals surface area contributed by atoms with E-state index in [0.717, 1.165) is 0 Å². The molecular formula is C13H14ClF2NO3. The van der Waals surface area contributed by atoms with Gasteiger partial charge in [-0.3, -0.25) is 4.79 Å². The predicted octanol–water partition coefficient (Wildman–Crippen LogP) is 2.85. The van der Waals surface area contributed by atoms with Gasteiger partial charge in [0.2, 0.25) is 0 Å². The lowest BCUT2D eigenvalue weighted by Crippen LogP contribution is -2.49. The molecule has 0 aliphatic rings. The third-order valence-corrected chi connectivity index (χ3v) is 2.93. The lowest BCUT2D eigenvalue weighted by atomic mass is 9.86. The molecular weight excluding hydrogens is 292 g/mol. The largest absolute Gasteiger partial charge is 0.480 e. The molecule has 0 fully saturated rings. The molecule has 0 aromatic heterocycles. The van der Waals surface area contributed by atoms with Gasteiger partial charge in [0.1, 0.15) is 17.7 Å². The summed E-state index contributed by atoms with van der Waals surface area (Å²) in [5.74, 6) is -4.26. The summed E-state index contributed by atoms with van der Waals surface area (Å²) in [6.07, 6.45) is 0. The van der Waals surface area contributed by atoms with Gasteiger partial charge in [0.05, 0.1) is 10.6 Å². The van der Waals surface area contributed by atoms with E-state index in [4.69, 9.17) is 16.7 Å². The zero-order valence-corrected chi connectivity index (χ0v) is 11.9. The Labute approximate surface area is 119 Å². The van der Waals surface area contributed by atoms with E-state index >= 15 is 0 Å². The lowest BCUT2D eigenvalue weighted by Gasteiger charge is -2.27. The highest BCUT2D eigenvalue weighted by Gasteiger charge is 2.33. The number of hydrogen-bond acceptors (Lipinski definition) is 2. The van der Waals surface area contributed by atoms with Crippen molar-refractivity contribution < 1.29 is 23.5 Å². The molecule has 0 aliphatic carbocycles. The van der Waals surface area contributed by atoms with E-state index in [2.05, 4.69) is 5.32 Å². The van der Waals surface area contributed by atoms with Crippen molar-refractivity contribution in [2.75, 3.05) is 0 Å². The van der Waals surface area contributed by atoms with E-state index in [1.54, 1.807) is 20.8 Å². The first-order chi connectivity index (χ1) is 9.04. The Morgan fingerprint density at radius 2 is 1.80 bits per heavy atom. The highest BCUT2D eigenvalue weighted by Crippen LogP contribution is 2.22. The fourth-order valence-corrected chi connectivity index (χ4v) is 1.70. The van der Waals surface area contributed by atoms with E-state index in [-0.39, 0.29) is 0 Å². The number of carbonyl (C=O) groups excluding carboxylic acids is 1. The van der Waals surface area contributed by atoms with Crippen LogP contribution in [-0.4, -0.2) is 23.0 Å². The van der Waals surface area contributed by atoms with Crippen LogP contribution in [0.15, 0.2) is 12.1 Å². The second-order valence-corrected chi connectivity index (χ2v) is 5.76. The van der Waals surface area contributed by atoms with E-state index in [9.17, 15) is 18.4 Å². The van der Waals surface area contributed by atoms with Gasteiger partial charge in [0.15, 0.2) is 0 Å². The topological polar surface area (TPSA) is 66.4 Å². The summed E-state index contributed by atoms with van der Waals surface area (Å²) in [6, 6.07) is 0.0564. The Morgan fingerprint density at radius 1 is 1.25 bits per heavy atom. The first-order valence-corrected chi connectivity index (χ1v) is 6.10. The fourth-order valence-electron chi connectivity index (χ4n) is 1.55. The second-order valence-electron chi connectivity index (χ2n) is 5.36. The number of carboxylic acids is 1. The van der Waals surface area contributed by atoms with Gasteiger partial charge in [-0.05, 0) is 17.5 Å². The maximum Gasteiger partial charge on any atom is 0.326 e. The molecule has 1 atom stereocenters. The normalized spacial score (nSPS) is 12.9.